The first-order valence-corrected chi connectivity index (χ1v) is 14.2. The van der Waals surface area contributed by atoms with E-state index in [-0.39, 0.29) is 34.5 Å². The molecule has 0 bridgehead atoms. The van der Waals surface area contributed by atoms with E-state index in [4.69, 9.17) is 0 Å². The van der Waals surface area contributed by atoms with E-state index in [1.807, 2.05) is 24.3 Å². The standard InChI is InChI=1S/C32H46N4O4/c1-31(2,3)25-19-15-23(16-20-25)29(39)35-33-27(37)13-11-9-7-8-10-12-14-28(38)34-36-30(40)24-17-21-26(22-18-24)32(4,5)6/h15-22H,7-14H2,1-6H3,(H,33,37)(H,34,38)(H,35,39)(H,36,40). The van der Waals surface area contributed by atoms with Crippen LogP contribution in [0.25, 0.3) is 0 Å². The Bertz CT molecular complexity index is 1040. The van der Waals surface area contributed by atoms with Crippen LogP contribution >= 0.6 is 0 Å². The Morgan fingerprint density at radius 2 is 0.775 bits per heavy atom. The molecule has 0 saturated heterocycles. The average molecular weight is 551 g/mol. The zero-order chi connectivity index (χ0) is 29.8. The van der Waals surface area contributed by atoms with Crippen LogP contribution in [0.4, 0.5) is 0 Å². The predicted molar refractivity (Wildman–Crippen MR) is 158 cm³/mol. The lowest BCUT2D eigenvalue weighted by Gasteiger charge is -2.19. The van der Waals surface area contributed by atoms with Crippen molar-refractivity contribution in [2.75, 3.05) is 0 Å². The van der Waals surface area contributed by atoms with Crippen LogP contribution < -0.4 is 21.7 Å². The summed E-state index contributed by atoms with van der Waals surface area (Å²) in [4.78, 5) is 48.5. The lowest BCUT2D eigenvalue weighted by atomic mass is 9.87. The minimum absolute atomic E-state index is 0.0110. The molecule has 2 aromatic rings. The van der Waals surface area contributed by atoms with Gasteiger partial charge >= 0.3 is 0 Å². The second-order valence-electron chi connectivity index (χ2n) is 12.3. The normalized spacial score (nSPS) is 11.4. The number of hydrazine groups is 2. The molecule has 0 saturated carbocycles. The number of unbranched alkanes of at least 4 members (excludes halogenated alkanes) is 5. The van der Waals surface area contributed by atoms with Crippen LogP contribution in [-0.4, -0.2) is 23.6 Å². The van der Waals surface area contributed by atoms with Gasteiger partial charge in [-0.25, -0.2) is 0 Å². The smallest absolute Gasteiger partial charge is 0.269 e. The van der Waals surface area contributed by atoms with Crippen LogP contribution in [0.3, 0.4) is 0 Å². The first-order valence-electron chi connectivity index (χ1n) is 14.2. The topological polar surface area (TPSA) is 116 Å². The number of carbonyl (C=O) groups is 4. The van der Waals surface area contributed by atoms with Crippen molar-refractivity contribution >= 4 is 23.6 Å². The molecule has 0 atom stereocenters. The largest absolute Gasteiger partial charge is 0.273 e. The SMILES string of the molecule is CC(C)(C)c1ccc(C(=O)NNC(=O)CCCCCCCCC(=O)NNC(=O)c2ccc(C(C)(C)C)cc2)cc1. The van der Waals surface area contributed by atoms with E-state index in [0.717, 1.165) is 49.7 Å². The third-order valence-corrected chi connectivity index (χ3v) is 6.71. The highest BCUT2D eigenvalue weighted by atomic mass is 16.2. The highest BCUT2D eigenvalue weighted by molar-refractivity contribution is 5.96. The molecule has 0 aliphatic rings. The van der Waals surface area contributed by atoms with E-state index in [1.54, 1.807) is 24.3 Å². The van der Waals surface area contributed by atoms with Crippen LogP contribution in [0.1, 0.15) is 125 Å². The van der Waals surface area contributed by atoms with E-state index < -0.39 is 0 Å². The van der Waals surface area contributed by atoms with Gasteiger partial charge in [-0.2, -0.15) is 0 Å². The zero-order valence-electron chi connectivity index (χ0n) is 24.9. The van der Waals surface area contributed by atoms with Gasteiger partial charge in [0.1, 0.15) is 0 Å². The quantitative estimate of drug-likeness (QED) is 0.214. The molecule has 0 aliphatic carbocycles. The van der Waals surface area contributed by atoms with E-state index >= 15 is 0 Å². The Morgan fingerprint density at radius 3 is 1.07 bits per heavy atom. The lowest BCUT2D eigenvalue weighted by Crippen LogP contribution is -2.41. The van der Waals surface area contributed by atoms with Gasteiger partial charge < -0.3 is 0 Å². The second-order valence-corrected chi connectivity index (χ2v) is 12.3. The van der Waals surface area contributed by atoms with Crippen LogP contribution in [0.15, 0.2) is 48.5 Å². The van der Waals surface area contributed by atoms with E-state index in [9.17, 15) is 19.2 Å². The Labute approximate surface area is 239 Å². The average Bonchev–Trinajstić information content (AvgIpc) is 2.91. The number of benzene rings is 2. The molecule has 0 fully saturated rings. The van der Waals surface area contributed by atoms with Crippen molar-refractivity contribution < 1.29 is 19.2 Å². The fourth-order valence-corrected chi connectivity index (χ4v) is 4.04. The molecule has 4 amide bonds. The molecule has 0 aliphatic heterocycles. The Morgan fingerprint density at radius 1 is 0.475 bits per heavy atom. The molecule has 218 valence electrons. The lowest BCUT2D eigenvalue weighted by molar-refractivity contribution is -0.122. The van der Waals surface area contributed by atoms with E-state index in [2.05, 4.69) is 63.2 Å². The highest BCUT2D eigenvalue weighted by Gasteiger charge is 2.16. The summed E-state index contributed by atoms with van der Waals surface area (Å²) in [5.41, 5.74) is 13.2. The van der Waals surface area contributed by atoms with Gasteiger partial charge in [0.25, 0.3) is 11.8 Å². The molecule has 0 spiro atoms. The number of amides is 4. The Kier molecular flexibility index (Phi) is 12.4. The van der Waals surface area contributed by atoms with Crippen LogP contribution in [0, 0.1) is 0 Å². The summed E-state index contributed by atoms with van der Waals surface area (Å²) in [6.45, 7) is 12.7. The van der Waals surface area contributed by atoms with Gasteiger partial charge in [-0.15, -0.1) is 0 Å². The maximum Gasteiger partial charge on any atom is 0.269 e. The van der Waals surface area contributed by atoms with Crippen molar-refractivity contribution in [2.24, 2.45) is 0 Å². The van der Waals surface area contributed by atoms with Crippen LogP contribution in [-0.2, 0) is 20.4 Å². The van der Waals surface area contributed by atoms with Gasteiger partial charge in [0.15, 0.2) is 0 Å². The molecule has 2 aromatic carbocycles. The maximum atomic E-state index is 12.2. The third kappa shape index (κ3) is 11.6. The van der Waals surface area contributed by atoms with Crippen molar-refractivity contribution in [3.05, 3.63) is 70.8 Å². The maximum absolute atomic E-state index is 12.2. The summed E-state index contributed by atoms with van der Waals surface area (Å²) < 4.78 is 0. The molecule has 0 radical (unpaired) electrons. The van der Waals surface area contributed by atoms with Crippen molar-refractivity contribution in [1.29, 1.82) is 0 Å². The minimum Gasteiger partial charge on any atom is -0.273 e. The highest BCUT2D eigenvalue weighted by Crippen LogP contribution is 2.23. The van der Waals surface area contributed by atoms with Gasteiger partial charge in [-0.3, -0.25) is 40.9 Å². The summed E-state index contributed by atoms with van der Waals surface area (Å²) in [7, 11) is 0. The fourth-order valence-electron chi connectivity index (χ4n) is 4.04. The van der Waals surface area contributed by atoms with Gasteiger partial charge in [0.05, 0.1) is 0 Å². The molecule has 4 N–H and O–H groups in total. The van der Waals surface area contributed by atoms with E-state index in [0.29, 0.717) is 24.0 Å². The number of hydrogen-bond donors (Lipinski definition) is 4. The fraction of sp³-hybridized carbons (Fsp3) is 0.500. The molecule has 8 heteroatoms. The number of rotatable bonds is 11. The van der Waals surface area contributed by atoms with Crippen molar-refractivity contribution in [2.45, 2.75) is 104 Å². The van der Waals surface area contributed by atoms with Gasteiger partial charge in [0, 0.05) is 24.0 Å². The molecular weight excluding hydrogens is 504 g/mol. The summed E-state index contributed by atoms with van der Waals surface area (Å²) in [6, 6.07) is 14.7. The van der Waals surface area contributed by atoms with Crippen molar-refractivity contribution in [3.8, 4) is 0 Å². The van der Waals surface area contributed by atoms with Crippen molar-refractivity contribution in [1.82, 2.24) is 21.7 Å². The third-order valence-electron chi connectivity index (χ3n) is 6.71. The Hall–Kier alpha value is -3.68. The predicted octanol–water partition coefficient (Wildman–Crippen LogP) is 5.62. The number of carbonyl (C=O) groups excluding carboxylic acids is 4. The van der Waals surface area contributed by atoms with Gasteiger partial charge in [-0.05, 0) is 59.1 Å². The molecule has 0 heterocycles. The first-order chi connectivity index (χ1) is 18.8. The molecule has 40 heavy (non-hydrogen) atoms. The molecule has 0 aromatic heterocycles. The summed E-state index contributed by atoms with van der Waals surface area (Å²) in [6.07, 6.45) is 5.84. The van der Waals surface area contributed by atoms with Gasteiger partial charge in [-0.1, -0.05) is 91.5 Å². The van der Waals surface area contributed by atoms with E-state index in [1.165, 1.54) is 0 Å². The summed E-state index contributed by atoms with van der Waals surface area (Å²) >= 11 is 0. The number of hydrogen-bond acceptors (Lipinski definition) is 4. The van der Waals surface area contributed by atoms with Crippen LogP contribution in [0.2, 0.25) is 0 Å². The molecule has 2 rings (SSSR count). The monoisotopic (exact) mass is 550 g/mol. The molecule has 8 nitrogen and oxygen atoms in total. The zero-order valence-corrected chi connectivity index (χ0v) is 24.9. The second kappa shape index (κ2) is 15.2. The molecular formula is C32H46N4O4. The minimum atomic E-state index is -0.341. The van der Waals surface area contributed by atoms with Gasteiger partial charge in [0.2, 0.25) is 11.8 Å². The first kappa shape index (κ1) is 32.5. The molecule has 0 unspecified atom stereocenters. The number of nitrogens with one attached hydrogen (secondary N) is 4. The van der Waals surface area contributed by atoms with Crippen molar-refractivity contribution in [3.63, 3.8) is 0 Å². The summed E-state index contributed by atoms with van der Waals surface area (Å²) in [5, 5.41) is 0. The summed E-state index contributed by atoms with van der Waals surface area (Å²) in [5.74, 6) is -1.12. The Balaban J connectivity index is 1.50. The van der Waals surface area contributed by atoms with Crippen LogP contribution in [0.5, 0.6) is 0 Å².